The number of thiazole rings is 1. The molecule has 9 heteroatoms. The molecule has 2 heterocycles. The second kappa shape index (κ2) is 10.4. The Hall–Kier alpha value is -3.33. The van der Waals surface area contributed by atoms with Gasteiger partial charge in [0.05, 0.1) is 25.3 Å². The van der Waals surface area contributed by atoms with Gasteiger partial charge in [-0.3, -0.25) is 14.9 Å². The van der Waals surface area contributed by atoms with E-state index in [2.05, 4.69) is 10.3 Å². The van der Waals surface area contributed by atoms with Crippen molar-refractivity contribution < 1.29 is 28.2 Å². The van der Waals surface area contributed by atoms with Crippen LogP contribution in [-0.2, 0) is 22.6 Å². The van der Waals surface area contributed by atoms with Crippen LogP contribution in [0.2, 0.25) is 0 Å². The number of carbonyl (C=O) groups is 2. The molecule has 30 heavy (non-hydrogen) atoms. The molecule has 0 unspecified atom stereocenters. The normalized spacial score (nSPS) is 10.5. The minimum absolute atomic E-state index is 0.0635. The van der Waals surface area contributed by atoms with Gasteiger partial charge in [-0.25, -0.2) is 4.98 Å². The number of ether oxygens (including phenoxy) is 3. The van der Waals surface area contributed by atoms with Crippen LogP contribution < -0.4 is 14.8 Å². The SMILES string of the molecule is CCOC(=O)Cc1csc(NC(=O)c2ccc(COc3ccc(OCC)cc3)o2)n1. The molecule has 0 atom stereocenters. The number of rotatable bonds is 10. The lowest BCUT2D eigenvalue weighted by Gasteiger charge is -2.06. The van der Waals surface area contributed by atoms with Gasteiger partial charge in [0, 0.05) is 5.38 Å². The first kappa shape index (κ1) is 21.4. The van der Waals surface area contributed by atoms with Crippen molar-refractivity contribution in [2.75, 3.05) is 18.5 Å². The quantitative estimate of drug-likeness (QED) is 0.484. The van der Waals surface area contributed by atoms with E-state index in [1.165, 1.54) is 11.3 Å². The van der Waals surface area contributed by atoms with Crippen molar-refractivity contribution in [2.45, 2.75) is 26.9 Å². The number of nitrogens with zero attached hydrogens (tertiary/aromatic N) is 1. The Labute approximate surface area is 177 Å². The molecule has 8 nitrogen and oxygen atoms in total. The van der Waals surface area contributed by atoms with Crippen LogP contribution in [0.5, 0.6) is 11.5 Å². The van der Waals surface area contributed by atoms with Gasteiger partial charge < -0.3 is 18.6 Å². The first-order valence-corrected chi connectivity index (χ1v) is 10.3. The van der Waals surface area contributed by atoms with Crippen LogP contribution in [0, 0.1) is 0 Å². The molecule has 0 aliphatic carbocycles. The van der Waals surface area contributed by atoms with Crippen molar-refractivity contribution in [3.05, 3.63) is 59.0 Å². The van der Waals surface area contributed by atoms with Crippen molar-refractivity contribution in [1.82, 2.24) is 4.98 Å². The minimum atomic E-state index is -0.431. The molecule has 158 valence electrons. The number of nitrogens with one attached hydrogen (secondary N) is 1. The molecule has 0 saturated carbocycles. The summed E-state index contributed by atoms with van der Waals surface area (Å²) < 4.78 is 21.5. The molecule has 0 fully saturated rings. The number of benzene rings is 1. The van der Waals surface area contributed by atoms with Gasteiger partial charge in [0.15, 0.2) is 10.9 Å². The molecule has 0 saturated heterocycles. The fourth-order valence-corrected chi connectivity index (χ4v) is 3.20. The first-order valence-electron chi connectivity index (χ1n) is 9.43. The summed E-state index contributed by atoms with van der Waals surface area (Å²) in [5, 5.41) is 4.73. The maximum atomic E-state index is 12.4. The number of esters is 1. The van der Waals surface area contributed by atoms with Gasteiger partial charge in [0.1, 0.15) is 23.9 Å². The lowest BCUT2D eigenvalue weighted by molar-refractivity contribution is -0.142. The summed E-state index contributed by atoms with van der Waals surface area (Å²) in [5.74, 6) is 1.30. The summed E-state index contributed by atoms with van der Waals surface area (Å²) in [4.78, 5) is 28.1. The predicted molar refractivity (Wildman–Crippen MR) is 111 cm³/mol. The molecular weight excluding hydrogens is 408 g/mol. The third kappa shape index (κ3) is 6.08. The van der Waals surface area contributed by atoms with Crippen LogP contribution in [0.15, 0.2) is 46.2 Å². The molecule has 0 aliphatic heterocycles. The zero-order chi connectivity index (χ0) is 21.3. The monoisotopic (exact) mass is 430 g/mol. The number of furan rings is 1. The van der Waals surface area contributed by atoms with Crippen molar-refractivity contribution in [3.8, 4) is 11.5 Å². The van der Waals surface area contributed by atoms with Gasteiger partial charge in [-0.05, 0) is 50.2 Å². The molecule has 0 aliphatic rings. The fraction of sp³-hybridized carbons (Fsp3) is 0.286. The number of aromatic nitrogens is 1. The molecule has 1 aromatic carbocycles. The molecule has 3 rings (SSSR count). The summed E-state index contributed by atoms with van der Waals surface area (Å²) in [7, 11) is 0. The molecule has 0 radical (unpaired) electrons. The zero-order valence-electron chi connectivity index (χ0n) is 16.7. The van der Waals surface area contributed by atoms with Crippen molar-refractivity contribution in [1.29, 1.82) is 0 Å². The van der Waals surface area contributed by atoms with Crippen LogP contribution >= 0.6 is 11.3 Å². The lowest BCUT2D eigenvalue weighted by atomic mass is 10.3. The van der Waals surface area contributed by atoms with Gasteiger partial charge in [0.25, 0.3) is 5.91 Å². The van der Waals surface area contributed by atoms with Gasteiger partial charge in [0.2, 0.25) is 0 Å². The molecule has 0 spiro atoms. The van der Waals surface area contributed by atoms with Gasteiger partial charge in [-0.15, -0.1) is 11.3 Å². The summed E-state index contributed by atoms with van der Waals surface area (Å²) >= 11 is 1.22. The molecular formula is C21H22N2O6S. The highest BCUT2D eigenvalue weighted by Gasteiger charge is 2.15. The van der Waals surface area contributed by atoms with E-state index < -0.39 is 5.91 Å². The van der Waals surface area contributed by atoms with E-state index in [-0.39, 0.29) is 24.8 Å². The summed E-state index contributed by atoms with van der Waals surface area (Å²) in [6.07, 6.45) is 0.0635. The standard InChI is InChI=1S/C21H22N2O6S/c1-3-26-15-5-7-16(8-6-15)28-12-17-9-10-18(29-17)20(25)23-21-22-14(13-30-21)11-19(24)27-4-2/h5-10,13H,3-4,11-12H2,1-2H3,(H,22,23,25). The van der Waals surface area contributed by atoms with E-state index in [0.717, 1.165) is 5.75 Å². The highest BCUT2D eigenvalue weighted by Crippen LogP contribution is 2.20. The maximum Gasteiger partial charge on any atom is 0.311 e. The highest BCUT2D eigenvalue weighted by molar-refractivity contribution is 7.14. The third-order valence-corrected chi connectivity index (χ3v) is 4.61. The van der Waals surface area contributed by atoms with Gasteiger partial charge >= 0.3 is 5.97 Å². The van der Waals surface area contributed by atoms with Crippen molar-refractivity contribution in [2.24, 2.45) is 0 Å². The van der Waals surface area contributed by atoms with E-state index in [0.29, 0.717) is 35.5 Å². The summed E-state index contributed by atoms with van der Waals surface area (Å²) in [5.41, 5.74) is 0.539. The predicted octanol–water partition coefficient (Wildman–Crippen LogP) is 4.07. The molecule has 1 amide bonds. The van der Waals surface area contributed by atoms with E-state index in [9.17, 15) is 9.59 Å². The van der Waals surface area contributed by atoms with Crippen LogP contribution in [0.4, 0.5) is 5.13 Å². The maximum absolute atomic E-state index is 12.4. The summed E-state index contributed by atoms with van der Waals surface area (Å²) in [6.45, 7) is 4.76. The van der Waals surface area contributed by atoms with Crippen molar-refractivity contribution >= 4 is 28.3 Å². The second-order valence-corrected chi connectivity index (χ2v) is 6.90. The third-order valence-electron chi connectivity index (χ3n) is 3.80. The van der Waals surface area contributed by atoms with Crippen LogP contribution in [-0.4, -0.2) is 30.1 Å². The summed E-state index contributed by atoms with van der Waals surface area (Å²) in [6, 6.07) is 10.5. The molecule has 1 N–H and O–H groups in total. The first-order chi connectivity index (χ1) is 14.6. The second-order valence-electron chi connectivity index (χ2n) is 6.04. The highest BCUT2D eigenvalue weighted by atomic mass is 32.1. The smallest absolute Gasteiger partial charge is 0.311 e. The van der Waals surface area contributed by atoms with Gasteiger partial charge in [-0.1, -0.05) is 0 Å². The molecule has 3 aromatic rings. The van der Waals surface area contributed by atoms with E-state index in [1.54, 1.807) is 36.6 Å². The van der Waals surface area contributed by atoms with Gasteiger partial charge in [-0.2, -0.15) is 0 Å². The number of hydrogen-bond acceptors (Lipinski definition) is 8. The van der Waals surface area contributed by atoms with Crippen LogP contribution in [0.25, 0.3) is 0 Å². The Morgan fingerprint density at radius 1 is 1.03 bits per heavy atom. The minimum Gasteiger partial charge on any atom is -0.494 e. The topological polar surface area (TPSA) is 99.9 Å². The number of carbonyl (C=O) groups excluding carboxylic acids is 2. The van der Waals surface area contributed by atoms with E-state index in [4.69, 9.17) is 18.6 Å². The Kier molecular flexibility index (Phi) is 7.45. The van der Waals surface area contributed by atoms with Crippen molar-refractivity contribution in [3.63, 3.8) is 0 Å². The fourth-order valence-electron chi connectivity index (χ4n) is 2.49. The number of amides is 1. The Balaban J connectivity index is 1.51. The van der Waals surface area contributed by atoms with Crippen LogP contribution in [0.3, 0.4) is 0 Å². The average Bonchev–Trinajstić information content (AvgIpc) is 3.37. The number of hydrogen-bond donors (Lipinski definition) is 1. The van der Waals surface area contributed by atoms with E-state index in [1.807, 2.05) is 19.1 Å². The Morgan fingerprint density at radius 3 is 2.47 bits per heavy atom. The Morgan fingerprint density at radius 2 is 1.77 bits per heavy atom. The zero-order valence-corrected chi connectivity index (χ0v) is 17.5. The Bertz CT molecular complexity index is 980. The lowest BCUT2D eigenvalue weighted by Crippen LogP contribution is -2.11. The molecule has 0 bridgehead atoms. The van der Waals surface area contributed by atoms with Crippen LogP contribution in [0.1, 0.15) is 35.9 Å². The average molecular weight is 430 g/mol. The number of anilines is 1. The van der Waals surface area contributed by atoms with E-state index >= 15 is 0 Å². The largest absolute Gasteiger partial charge is 0.494 e. The molecule has 2 aromatic heterocycles.